The van der Waals surface area contributed by atoms with Gasteiger partial charge in [0.1, 0.15) is 23.3 Å². The molecule has 1 aliphatic carbocycles. The zero-order chi connectivity index (χ0) is 29.0. The number of nitrogens with one attached hydrogen (secondary N) is 1. The molecule has 0 spiro atoms. The largest absolute Gasteiger partial charge is 0.474 e. The number of fused-ring (bicyclic) bond motifs is 2. The number of ether oxygens (including phenoxy) is 2. The summed E-state index contributed by atoms with van der Waals surface area (Å²) >= 11 is 0. The van der Waals surface area contributed by atoms with E-state index < -0.39 is 32.2 Å². The first kappa shape index (κ1) is 27.6. The van der Waals surface area contributed by atoms with Gasteiger partial charge in [-0.05, 0) is 48.5 Å². The molecule has 3 aromatic rings. The van der Waals surface area contributed by atoms with Gasteiger partial charge in [-0.25, -0.2) is 28.2 Å². The van der Waals surface area contributed by atoms with Crippen molar-refractivity contribution in [1.82, 2.24) is 15.0 Å². The molecule has 1 aliphatic heterocycles. The molecule has 0 bridgehead atoms. The number of hydrogen-bond acceptors (Lipinski definition) is 10. The molecule has 3 aromatic heterocycles. The van der Waals surface area contributed by atoms with E-state index in [9.17, 15) is 13.2 Å². The van der Waals surface area contributed by atoms with Crippen LogP contribution in [0.1, 0.15) is 75.0 Å². The molecule has 4 heterocycles. The van der Waals surface area contributed by atoms with Crippen molar-refractivity contribution in [3.8, 4) is 5.88 Å². The normalized spacial score (nSPS) is 21.9. The number of carbonyl (C=O) groups excluding carboxylic acids is 1. The van der Waals surface area contributed by atoms with Crippen LogP contribution in [-0.4, -0.2) is 52.5 Å². The predicted molar refractivity (Wildman–Crippen MR) is 149 cm³/mol. The van der Waals surface area contributed by atoms with Gasteiger partial charge in [-0.3, -0.25) is 0 Å². The molecule has 0 amide bonds. The molecule has 1 saturated carbocycles. The Morgan fingerprint density at radius 1 is 1.18 bits per heavy atom. The Bertz CT molecular complexity index is 1680. The van der Waals surface area contributed by atoms with Gasteiger partial charge in [0, 0.05) is 42.3 Å². The average Bonchev–Trinajstić information content (AvgIpc) is 2.83. The molecule has 0 unspecified atom stereocenters. The predicted octanol–water partition coefficient (Wildman–Crippen LogP) is 5.32. The number of pyridine rings is 3. The molecule has 1 atom stereocenters. The van der Waals surface area contributed by atoms with Crippen molar-refractivity contribution in [2.24, 2.45) is 5.11 Å². The molecule has 0 aromatic carbocycles. The van der Waals surface area contributed by atoms with Crippen molar-refractivity contribution in [2.75, 3.05) is 11.6 Å². The summed E-state index contributed by atoms with van der Waals surface area (Å²) in [5.41, 5.74) is 9.28. The Morgan fingerprint density at radius 3 is 2.58 bits per heavy atom. The first-order valence-corrected chi connectivity index (χ1v) is 14.9. The quantitative estimate of drug-likeness (QED) is 0.172. The lowest BCUT2D eigenvalue weighted by atomic mass is 9.84. The molecular formula is C27H31N7O5S. The lowest BCUT2D eigenvalue weighted by molar-refractivity contribution is -0.0189. The number of nitrogens with zero attached hydrogens (tertiary/aromatic N) is 6. The number of cyclic esters (lactones) is 1. The van der Waals surface area contributed by atoms with Crippen LogP contribution < -0.4 is 10.1 Å². The standard InChI is InChI=1S/C27H31N7O5S/c1-14-23-17(25(35)39-27(14,4)5)7-8-21(32-23)31-22-11-18-19(12-29-22)24(30-13-20(18)26(2,3)33-34-28)38-15-9-16(10-15)40(6,36)37/h7-8,11-16H,9-10H2,1-6H3,(H,29,31,32)/t14-,15-,16+/m1/s1. The molecule has 40 heavy (non-hydrogen) atoms. The van der Waals surface area contributed by atoms with Crippen LogP contribution in [0.25, 0.3) is 21.2 Å². The second-order valence-corrected chi connectivity index (χ2v) is 13.8. The highest BCUT2D eigenvalue weighted by Gasteiger charge is 2.40. The fourth-order valence-corrected chi connectivity index (χ4v) is 6.07. The van der Waals surface area contributed by atoms with E-state index >= 15 is 0 Å². The third kappa shape index (κ3) is 5.02. The van der Waals surface area contributed by atoms with Gasteiger partial charge in [-0.2, -0.15) is 0 Å². The van der Waals surface area contributed by atoms with Crippen LogP contribution in [0, 0.1) is 0 Å². The minimum Gasteiger partial charge on any atom is -0.474 e. The summed E-state index contributed by atoms with van der Waals surface area (Å²) in [5, 5.41) is 8.07. The van der Waals surface area contributed by atoms with Gasteiger partial charge in [0.2, 0.25) is 5.88 Å². The number of anilines is 2. The number of hydrogen-bond donors (Lipinski definition) is 1. The van der Waals surface area contributed by atoms with Gasteiger partial charge in [-0.15, -0.1) is 0 Å². The maximum atomic E-state index is 12.5. The van der Waals surface area contributed by atoms with Gasteiger partial charge in [0.15, 0.2) is 9.84 Å². The molecule has 0 radical (unpaired) electrons. The summed E-state index contributed by atoms with van der Waals surface area (Å²) in [7, 11) is -3.12. The van der Waals surface area contributed by atoms with E-state index in [1.54, 1.807) is 44.4 Å². The Labute approximate surface area is 232 Å². The Morgan fingerprint density at radius 2 is 1.90 bits per heavy atom. The van der Waals surface area contributed by atoms with Crippen LogP contribution in [-0.2, 0) is 20.1 Å². The topological polar surface area (TPSA) is 169 Å². The molecular weight excluding hydrogens is 534 g/mol. The highest BCUT2D eigenvalue weighted by Crippen LogP contribution is 2.40. The third-order valence-corrected chi connectivity index (χ3v) is 9.43. The summed E-state index contributed by atoms with van der Waals surface area (Å²) in [4.78, 5) is 29.2. The smallest absolute Gasteiger partial charge is 0.340 e. The number of esters is 1. The molecule has 1 N–H and O–H groups in total. The lowest BCUT2D eigenvalue weighted by Crippen LogP contribution is -2.42. The van der Waals surface area contributed by atoms with E-state index in [0.29, 0.717) is 58.0 Å². The first-order valence-electron chi connectivity index (χ1n) is 12.9. The number of carbonyl (C=O) groups is 1. The van der Waals surface area contributed by atoms with E-state index in [1.807, 2.05) is 20.8 Å². The van der Waals surface area contributed by atoms with Gasteiger partial charge >= 0.3 is 5.97 Å². The molecule has 0 saturated heterocycles. The van der Waals surface area contributed by atoms with Crippen LogP contribution >= 0.6 is 0 Å². The third-order valence-electron chi connectivity index (χ3n) is 7.83. The number of azide groups is 1. The van der Waals surface area contributed by atoms with Crippen LogP contribution in [0.15, 0.2) is 35.7 Å². The second-order valence-electron chi connectivity index (χ2n) is 11.5. The maximum Gasteiger partial charge on any atom is 0.340 e. The van der Waals surface area contributed by atoms with Crippen molar-refractivity contribution < 1.29 is 22.7 Å². The van der Waals surface area contributed by atoms with E-state index in [-0.39, 0.29) is 12.0 Å². The van der Waals surface area contributed by atoms with Crippen molar-refractivity contribution in [1.29, 1.82) is 0 Å². The van der Waals surface area contributed by atoms with Crippen molar-refractivity contribution in [3.63, 3.8) is 0 Å². The molecule has 13 heteroatoms. The van der Waals surface area contributed by atoms with E-state index in [0.717, 1.165) is 0 Å². The number of aromatic nitrogens is 3. The van der Waals surface area contributed by atoms with Crippen LogP contribution in [0.3, 0.4) is 0 Å². The molecule has 5 rings (SSSR count). The lowest BCUT2D eigenvalue weighted by Gasteiger charge is -2.36. The fraction of sp³-hybridized carbons (Fsp3) is 0.481. The zero-order valence-electron chi connectivity index (χ0n) is 23.2. The Hall–Kier alpha value is -3.96. The van der Waals surface area contributed by atoms with E-state index in [2.05, 4.69) is 25.3 Å². The molecule has 2 aliphatic rings. The molecule has 210 valence electrons. The van der Waals surface area contributed by atoms with Crippen molar-refractivity contribution >= 4 is 38.2 Å². The second kappa shape index (κ2) is 9.60. The summed E-state index contributed by atoms with van der Waals surface area (Å²) in [6.45, 7) is 9.25. The minimum absolute atomic E-state index is 0.123. The highest BCUT2D eigenvalue weighted by molar-refractivity contribution is 7.91. The highest BCUT2D eigenvalue weighted by atomic mass is 32.2. The summed E-state index contributed by atoms with van der Waals surface area (Å²) < 4.78 is 35.3. The SMILES string of the molecule is C[C@@H]1c2nc(Nc3cc4c(C(C)(C)N=[N+]=[N-])cnc(O[C@H]5C[C@@H](S(C)(=O)=O)C5)c4cn3)ccc2C(=O)OC1(C)C. The van der Waals surface area contributed by atoms with Crippen LogP contribution in [0.2, 0.25) is 0 Å². The molecule has 1 fully saturated rings. The average molecular weight is 566 g/mol. The Kier molecular flexibility index (Phi) is 6.62. The van der Waals surface area contributed by atoms with Gasteiger partial charge in [-0.1, -0.05) is 25.9 Å². The fourth-order valence-electron chi connectivity index (χ4n) is 4.94. The summed E-state index contributed by atoms with van der Waals surface area (Å²) in [6, 6.07) is 5.18. The van der Waals surface area contributed by atoms with E-state index in [4.69, 9.17) is 20.0 Å². The monoisotopic (exact) mass is 565 g/mol. The zero-order valence-corrected chi connectivity index (χ0v) is 24.0. The summed E-state index contributed by atoms with van der Waals surface area (Å²) in [6.07, 6.45) is 4.97. The van der Waals surface area contributed by atoms with Gasteiger partial charge in [0.05, 0.1) is 27.4 Å². The number of rotatable bonds is 7. The van der Waals surface area contributed by atoms with E-state index in [1.165, 1.54) is 6.26 Å². The number of sulfone groups is 1. The van der Waals surface area contributed by atoms with Crippen molar-refractivity contribution in [3.05, 3.63) is 57.9 Å². The first-order chi connectivity index (χ1) is 18.7. The summed E-state index contributed by atoms with van der Waals surface area (Å²) in [5.74, 6) is 0.780. The van der Waals surface area contributed by atoms with Crippen molar-refractivity contribution in [2.45, 2.75) is 75.9 Å². The van der Waals surface area contributed by atoms with Crippen LogP contribution in [0.5, 0.6) is 5.88 Å². The Balaban J connectivity index is 1.51. The minimum atomic E-state index is -3.12. The van der Waals surface area contributed by atoms with Crippen LogP contribution in [0.4, 0.5) is 11.6 Å². The molecule has 12 nitrogen and oxygen atoms in total. The van der Waals surface area contributed by atoms with Gasteiger partial charge in [0.25, 0.3) is 0 Å². The maximum absolute atomic E-state index is 12.5. The van der Waals surface area contributed by atoms with Gasteiger partial charge < -0.3 is 14.8 Å².